The third-order valence-corrected chi connectivity index (χ3v) is 4.41. The van der Waals surface area contributed by atoms with Gasteiger partial charge in [-0.05, 0) is 54.8 Å². The Morgan fingerprint density at radius 2 is 2.04 bits per heavy atom. The zero-order chi connectivity index (χ0) is 17.2. The molecule has 2 N–H and O–H groups in total. The highest BCUT2D eigenvalue weighted by atomic mass is 35.5. The van der Waals surface area contributed by atoms with E-state index in [0.717, 1.165) is 6.42 Å². The fourth-order valence-corrected chi connectivity index (χ4v) is 2.78. The van der Waals surface area contributed by atoms with Crippen LogP contribution in [0.1, 0.15) is 29.7 Å². The van der Waals surface area contributed by atoms with Gasteiger partial charge >= 0.3 is 0 Å². The first-order chi connectivity index (χ1) is 11.5. The zero-order valence-corrected chi connectivity index (χ0v) is 14.9. The van der Waals surface area contributed by atoms with Crippen molar-refractivity contribution in [2.24, 2.45) is 11.1 Å². The van der Waals surface area contributed by atoms with Crippen LogP contribution in [0, 0.1) is 11.2 Å². The van der Waals surface area contributed by atoms with E-state index in [1.54, 1.807) is 29.2 Å². The molecular weight excluding hydrogens is 347 g/mol. The zero-order valence-electron chi connectivity index (χ0n) is 14.0. The summed E-state index contributed by atoms with van der Waals surface area (Å²) < 4.78 is 23.9. The van der Waals surface area contributed by atoms with Crippen molar-refractivity contribution in [1.29, 1.82) is 0 Å². The number of furan rings is 1. The summed E-state index contributed by atoms with van der Waals surface area (Å²) in [7, 11) is 0. The van der Waals surface area contributed by atoms with Crippen LogP contribution in [-0.4, -0.2) is 30.4 Å². The number of ether oxygens (including phenoxy) is 1. The number of nitrogens with zero attached hydrogens (tertiary/aromatic N) is 1. The monoisotopic (exact) mass is 368 g/mol. The highest BCUT2D eigenvalue weighted by Crippen LogP contribution is 2.29. The first-order valence-corrected chi connectivity index (χ1v) is 7.95. The van der Waals surface area contributed by atoms with Gasteiger partial charge in [0.05, 0.1) is 0 Å². The highest BCUT2D eigenvalue weighted by Gasteiger charge is 2.36. The molecule has 1 amide bonds. The Morgan fingerprint density at radius 3 is 2.68 bits per heavy atom. The summed E-state index contributed by atoms with van der Waals surface area (Å²) in [5, 5.41) is 0. The molecule has 2 heterocycles. The van der Waals surface area contributed by atoms with Gasteiger partial charge in [0.1, 0.15) is 23.9 Å². The van der Waals surface area contributed by atoms with Crippen molar-refractivity contribution >= 4 is 18.3 Å². The SMILES string of the molecule is CC1(CN)CCN(C(=O)c2ccc(COc3ccc(F)cc3)o2)C1.Cl. The molecule has 0 radical (unpaired) electrons. The van der Waals surface area contributed by atoms with Crippen molar-refractivity contribution in [3.63, 3.8) is 0 Å². The van der Waals surface area contributed by atoms with Crippen LogP contribution in [0.25, 0.3) is 0 Å². The maximum atomic E-state index is 12.8. The molecule has 5 nitrogen and oxygen atoms in total. The van der Waals surface area contributed by atoms with Crippen molar-refractivity contribution in [3.8, 4) is 5.75 Å². The largest absolute Gasteiger partial charge is 0.486 e. The number of benzene rings is 1. The molecule has 136 valence electrons. The third-order valence-electron chi connectivity index (χ3n) is 4.41. The molecule has 1 fully saturated rings. The van der Waals surface area contributed by atoms with Gasteiger partial charge in [-0.2, -0.15) is 0 Å². The van der Waals surface area contributed by atoms with Gasteiger partial charge in [-0.25, -0.2) is 4.39 Å². The van der Waals surface area contributed by atoms with E-state index in [2.05, 4.69) is 6.92 Å². The molecule has 3 rings (SSSR count). The Balaban J connectivity index is 0.00000225. The number of nitrogens with two attached hydrogens (primary N) is 1. The minimum Gasteiger partial charge on any atom is -0.486 e. The number of hydrogen-bond donors (Lipinski definition) is 1. The van der Waals surface area contributed by atoms with E-state index < -0.39 is 0 Å². The van der Waals surface area contributed by atoms with Gasteiger partial charge in [-0.15, -0.1) is 12.4 Å². The van der Waals surface area contributed by atoms with Gasteiger partial charge in [0.15, 0.2) is 5.76 Å². The van der Waals surface area contributed by atoms with Crippen molar-refractivity contribution in [2.75, 3.05) is 19.6 Å². The fraction of sp³-hybridized carbons (Fsp3) is 0.389. The number of carbonyl (C=O) groups is 1. The van der Waals surface area contributed by atoms with Crippen LogP contribution < -0.4 is 10.5 Å². The second-order valence-corrected chi connectivity index (χ2v) is 6.50. The molecule has 1 aromatic heterocycles. The molecule has 0 saturated carbocycles. The second-order valence-electron chi connectivity index (χ2n) is 6.50. The van der Waals surface area contributed by atoms with E-state index in [4.69, 9.17) is 14.9 Å². The maximum absolute atomic E-state index is 12.8. The molecule has 1 aliphatic heterocycles. The standard InChI is InChI=1S/C18H21FN2O3.ClH/c1-18(11-20)8-9-21(12-18)17(22)16-7-6-15(24-16)10-23-14-4-2-13(19)3-5-14;/h2-7H,8-12,20H2,1H3;1H. The van der Waals surface area contributed by atoms with Gasteiger partial charge in [-0.3, -0.25) is 4.79 Å². The van der Waals surface area contributed by atoms with E-state index in [0.29, 0.717) is 36.9 Å². The van der Waals surface area contributed by atoms with Crippen molar-refractivity contribution in [3.05, 3.63) is 53.7 Å². The Labute approximate surface area is 152 Å². The Bertz CT molecular complexity index is 719. The molecule has 1 unspecified atom stereocenters. The number of rotatable bonds is 5. The Kier molecular flexibility index (Phi) is 6.08. The summed E-state index contributed by atoms with van der Waals surface area (Å²) in [5.41, 5.74) is 5.76. The first kappa shape index (κ1) is 19.3. The first-order valence-electron chi connectivity index (χ1n) is 7.95. The lowest BCUT2D eigenvalue weighted by atomic mass is 9.90. The van der Waals surface area contributed by atoms with E-state index in [1.807, 2.05) is 0 Å². The van der Waals surface area contributed by atoms with Crippen LogP contribution in [0.2, 0.25) is 0 Å². The summed E-state index contributed by atoms with van der Waals surface area (Å²) in [4.78, 5) is 14.3. The predicted octanol–water partition coefficient (Wildman–Crippen LogP) is 3.23. The summed E-state index contributed by atoms with van der Waals surface area (Å²) in [5.74, 6) is 0.944. The molecule has 0 bridgehead atoms. The van der Waals surface area contributed by atoms with Crippen molar-refractivity contribution in [1.82, 2.24) is 4.90 Å². The van der Waals surface area contributed by atoms with E-state index >= 15 is 0 Å². The average Bonchev–Trinajstić information content (AvgIpc) is 3.21. The maximum Gasteiger partial charge on any atom is 0.289 e. The van der Waals surface area contributed by atoms with Gasteiger partial charge < -0.3 is 19.8 Å². The molecule has 7 heteroatoms. The minimum absolute atomic E-state index is 0. The van der Waals surface area contributed by atoms with Crippen LogP contribution in [0.5, 0.6) is 5.75 Å². The molecule has 1 saturated heterocycles. The van der Waals surface area contributed by atoms with E-state index in [1.165, 1.54) is 12.1 Å². The van der Waals surface area contributed by atoms with Crippen molar-refractivity contribution in [2.45, 2.75) is 20.0 Å². The number of hydrogen-bond acceptors (Lipinski definition) is 4. The number of amides is 1. The molecule has 25 heavy (non-hydrogen) atoms. The van der Waals surface area contributed by atoms with Crippen LogP contribution in [0.15, 0.2) is 40.8 Å². The van der Waals surface area contributed by atoms with E-state index in [-0.39, 0.29) is 36.2 Å². The molecular formula is C18H22ClFN2O3. The summed E-state index contributed by atoms with van der Waals surface area (Å²) in [6, 6.07) is 9.12. The molecule has 2 aromatic rings. The minimum atomic E-state index is -0.316. The van der Waals surface area contributed by atoms with Gasteiger partial charge in [-0.1, -0.05) is 6.92 Å². The third kappa shape index (κ3) is 4.52. The second kappa shape index (κ2) is 7.89. The van der Waals surface area contributed by atoms with Crippen LogP contribution in [0.4, 0.5) is 4.39 Å². The van der Waals surface area contributed by atoms with E-state index in [9.17, 15) is 9.18 Å². The van der Waals surface area contributed by atoms with Gasteiger partial charge in [0.25, 0.3) is 5.91 Å². The lowest BCUT2D eigenvalue weighted by molar-refractivity contribution is 0.0741. The summed E-state index contributed by atoms with van der Waals surface area (Å²) >= 11 is 0. The van der Waals surface area contributed by atoms with Crippen LogP contribution >= 0.6 is 12.4 Å². The molecule has 0 spiro atoms. The average molecular weight is 369 g/mol. The van der Waals surface area contributed by atoms with Crippen molar-refractivity contribution < 1.29 is 18.3 Å². The fourth-order valence-electron chi connectivity index (χ4n) is 2.78. The summed E-state index contributed by atoms with van der Waals surface area (Å²) in [6.07, 6.45) is 0.899. The molecule has 1 aliphatic rings. The quantitative estimate of drug-likeness (QED) is 0.879. The topological polar surface area (TPSA) is 68.7 Å². The van der Waals surface area contributed by atoms with Gasteiger partial charge in [0, 0.05) is 13.1 Å². The molecule has 1 aromatic carbocycles. The lowest BCUT2D eigenvalue weighted by Crippen LogP contribution is -2.34. The normalized spacial score (nSPS) is 19.6. The molecule has 1 atom stereocenters. The number of likely N-dealkylation sites (tertiary alicyclic amines) is 1. The van der Waals surface area contributed by atoms with Gasteiger partial charge in [0.2, 0.25) is 0 Å². The lowest BCUT2D eigenvalue weighted by Gasteiger charge is -2.21. The number of halogens is 2. The summed E-state index contributed by atoms with van der Waals surface area (Å²) in [6.45, 7) is 4.16. The smallest absolute Gasteiger partial charge is 0.289 e. The Morgan fingerprint density at radius 1 is 1.32 bits per heavy atom. The Hall–Kier alpha value is -2.05. The number of carbonyl (C=O) groups excluding carboxylic acids is 1. The molecule has 0 aliphatic carbocycles. The highest BCUT2D eigenvalue weighted by molar-refractivity contribution is 5.91. The van der Waals surface area contributed by atoms with Crippen LogP contribution in [-0.2, 0) is 6.61 Å². The predicted molar refractivity (Wildman–Crippen MR) is 94.4 cm³/mol. The van der Waals surface area contributed by atoms with Crippen LogP contribution in [0.3, 0.4) is 0 Å².